The second-order valence-corrected chi connectivity index (χ2v) is 9.75. The maximum absolute atomic E-state index is 13.2. The molecular formula is C23H22BrNO5S. The van der Waals surface area contributed by atoms with Gasteiger partial charge in [-0.1, -0.05) is 40.2 Å². The molecule has 0 saturated carbocycles. The summed E-state index contributed by atoms with van der Waals surface area (Å²) >= 11 is 3.51. The Kier molecular flexibility index (Phi) is 5.94. The van der Waals surface area contributed by atoms with Crippen LogP contribution in [0, 0.1) is 0 Å². The third-order valence-electron chi connectivity index (χ3n) is 5.50. The molecule has 0 aliphatic heterocycles. The van der Waals surface area contributed by atoms with Gasteiger partial charge in [0.15, 0.2) is 0 Å². The number of methoxy groups -OCH3 is 1. The molecule has 0 heterocycles. The highest BCUT2D eigenvalue weighted by Crippen LogP contribution is 2.43. The number of nitrogens with one attached hydrogen (secondary N) is 1. The van der Waals surface area contributed by atoms with Crippen LogP contribution in [0.1, 0.15) is 30.4 Å². The molecule has 0 radical (unpaired) electrons. The van der Waals surface area contributed by atoms with Gasteiger partial charge in [0, 0.05) is 20.8 Å². The van der Waals surface area contributed by atoms with Crippen LogP contribution in [0.15, 0.2) is 57.9 Å². The van der Waals surface area contributed by atoms with Crippen molar-refractivity contribution in [1.29, 1.82) is 0 Å². The molecule has 3 aromatic carbocycles. The van der Waals surface area contributed by atoms with E-state index in [1.54, 1.807) is 37.4 Å². The zero-order valence-corrected chi connectivity index (χ0v) is 19.5. The van der Waals surface area contributed by atoms with Gasteiger partial charge in [0.1, 0.15) is 11.5 Å². The molecule has 0 fully saturated rings. The Hall–Kier alpha value is -2.58. The number of carbonyl (C=O) groups is 1. The van der Waals surface area contributed by atoms with E-state index in [4.69, 9.17) is 9.47 Å². The molecule has 1 aliphatic rings. The molecule has 8 heteroatoms. The van der Waals surface area contributed by atoms with Gasteiger partial charge in [0.2, 0.25) is 5.91 Å². The molecular weight excluding hydrogens is 482 g/mol. The second-order valence-electron chi connectivity index (χ2n) is 7.24. The van der Waals surface area contributed by atoms with Crippen LogP contribution in [-0.2, 0) is 21.2 Å². The average Bonchev–Trinajstić information content (AvgIpc) is 3.20. The van der Waals surface area contributed by atoms with E-state index in [1.165, 1.54) is 6.07 Å². The summed E-state index contributed by atoms with van der Waals surface area (Å²) in [4.78, 5) is 13.1. The third-order valence-corrected chi connectivity index (χ3v) is 7.64. The monoisotopic (exact) mass is 503 g/mol. The van der Waals surface area contributed by atoms with E-state index in [0.717, 1.165) is 15.6 Å². The van der Waals surface area contributed by atoms with Crippen molar-refractivity contribution in [2.75, 3.05) is 13.7 Å². The Labute approximate surface area is 189 Å². The van der Waals surface area contributed by atoms with Gasteiger partial charge >= 0.3 is 0 Å². The Balaban J connectivity index is 1.70. The van der Waals surface area contributed by atoms with Crippen molar-refractivity contribution in [3.8, 4) is 11.5 Å². The summed E-state index contributed by atoms with van der Waals surface area (Å²) in [6.07, 6.45) is 1.18. The van der Waals surface area contributed by atoms with Gasteiger partial charge in [-0.05, 0) is 49.6 Å². The zero-order valence-electron chi connectivity index (χ0n) is 17.1. The normalized spacial score (nSPS) is 15.5. The van der Waals surface area contributed by atoms with Crippen molar-refractivity contribution in [2.45, 2.75) is 30.6 Å². The first kappa shape index (κ1) is 21.6. The largest absolute Gasteiger partial charge is 0.496 e. The number of halogens is 1. The molecule has 0 spiro atoms. The Bertz CT molecular complexity index is 1270. The van der Waals surface area contributed by atoms with Crippen LogP contribution >= 0.6 is 15.9 Å². The first-order valence-electron chi connectivity index (χ1n) is 9.93. The fourth-order valence-electron chi connectivity index (χ4n) is 4.14. The minimum atomic E-state index is -4.10. The van der Waals surface area contributed by atoms with Crippen molar-refractivity contribution in [2.24, 2.45) is 0 Å². The fourth-order valence-corrected chi connectivity index (χ4v) is 5.92. The minimum Gasteiger partial charge on any atom is -0.496 e. The lowest BCUT2D eigenvalue weighted by molar-refractivity contribution is -0.120. The number of fused-ring (bicyclic) bond motifs is 2. The van der Waals surface area contributed by atoms with Gasteiger partial charge in [-0.3, -0.25) is 4.79 Å². The maximum Gasteiger partial charge on any atom is 0.264 e. The number of hydrogen-bond donors (Lipinski definition) is 1. The Morgan fingerprint density at radius 1 is 1.10 bits per heavy atom. The predicted octanol–water partition coefficient (Wildman–Crippen LogP) is 4.54. The number of hydrogen-bond acceptors (Lipinski definition) is 5. The molecule has 4 rings (SSSR count). The second kappa shape index (κ2) is 8.51. The van der Waals surface area contributed by atoms with E-state index in [-0.39, 0.29) is 4.90 Å². The van der Waals surface area contributed by atoms with E-state index in [1.807, 2.05) is 19.1 Å². The summed E-state index contributed by atoms with van der Waals surface area (Å²) in [6.45, 7) is 2.33. The summed E-state index contributed by atoms with van der Waals surface area (Å²) < 4.78 is 40.6. The maximum atomic E-state index is 13.2. The number of amides is 1. The predicted molar refractivity (Wildman–Crippen MR) is 122 cm³/mol. The Morgan fingerprint density at radius 2 is 1.81 bits per heavy atom. The third kappa shape index (κ3) is 3.90. The fraction of sp³-hybridized carbons (Fsp3) is 0.261. The number of sulfonamides is 1. The first-order chi connectivity index (χ1) is 14.9. The summed E-state index contributed by atoms with van der Waals surface area (Å²) in [5.74, 6) is 0.0155. The van der Waals surface area contributed by atoms with E-state index < -0.39 is 21.8 Å². The summed E-state index contributed by atoms with van der Waals surface area (Å²) in [6, 6.07) is 13.8. The highest BCUT2D eigenvalue weighted by molar-refractivity contribution is 9.10. The zero-order chi connectivity index (χ0) is 22.2. The van der Waals surface area contributed by atoms with Gasteiger partial charge in [-0.2, -0.15) is 0 Å². The average molecular weight is 504 g/mol. The highest BCUT2D eigenvalue weighted by Gasteiger charge is 2.35. The van der Waals surface area contributed by atoms with Gasteiger partial charge in [0.25, 0.3) is 10.0 Å². The lowest BCUT2D eigenvalue weighted by Gasteiger charge is -2.17. The van der Waals surface area contributed by atoms with Crippen LogP contribution in [0.5, 0.6) is 11.5 Å². The summed E-state index contributed by atoms with van der Waals surface area (Å²) in [5.41, 5.74) is 1.71. The van der Waals surface area contributed by atoms with Crippen molar-refractivity contribution in [3.05, 3.63) is 64.1 Å². The van der Waals surface area contributed by atoms with E-state index in [9.17, 15) is 13.2 Å². The molecule has 0 aromatic heterocycles. The standard InChI is InChI=1S/C23H22BrNO5S/c1-3-30-19-12-13-21(15-7-5-4-6-14(15)19)31(27,28)25-23(26)17-9-8-16-18(24)10-11-20(29-2)22(16)17/h4-7,10-13,17H,3,8-9H2,1-2H3,(H,25,26). The highest BCUT2D eigenvalue weighted by atomic mass is 79.9. The Morgan fingerprint density at radius 3 is 2.52 bits per heavy atom. The quantitative estimate of drug-likeness (QED) is 0.533. The van der Waals surface area contributed by atoms with Gasteiger partial charge in [-0.25, -0.2) is 13.1 Å². The first-order valence-corrected chi connectivity index (χ1v) is 12.2. The van der Waals surface area contributed by atoms with Crippen molar-refractivity contribution in [3.63, 3.8) is 0 Å². The number of carbonyl (C=O) groups excluding carboxylic acids is 1. The molecule has 3 aromatic rings. The lowest BCUT2D eigenvalue weighted by Crippen LogP contribution is -2.34. The number of ether oxygens (including phenoxy) is 2. The van der Waals surface area contributed by atoms with E-state index in [0.29, 0.717) is 41.7 Å². The number of benzene rings is 3. The van der Waals surface area contributed by atoms with Crippen LogP contribution in [0.3, 0.4) is 0 Å². The van der Waals surface area contributed by atoms with Crippen LogP contribution in [0.2, 0.25) is 0 Å². The van der Waals surface area contributed by atoms with Gasteiger partial charge < -0.3 is 9.47 Å². The van der Waals surface area contributed by atoms with Crippen LogP contribution in [0.4, 0.5) is 0 Å². The molecule has 1 N–H and O–H groups in total. The van der Waals surface area contributed by atoms with E-state index >= 15 is 0 Å². The van der Waals surface area contributed by atoms with Crippen molar-refractivity contribution >= 4 is 42.6 Å². The van der Waals surface area contributed by atoms with Crippen LogP contribution in [0.25, 0.3) is 10.8 Å². The molecule has 6 nitrogen and oxygen atoms in total. The molecule has 1 amide bonds. The summed E-state index contributed by atoms with van der Waals surface area (Å²) in [5, 5.41) is 1.18. The van der Waals surface area contributed by atoms with Crippen molar-refractivity contribution in [1.82, 2.24) is 4.72 Å². The number of rotatable bonds is 6. The molecule has 1 aliphatic carbocycles. The molecule has 31 heavy (non-hydrogen) atoms. The van der Waals surface area contributed by atoms with E-state index in [2.05, 4.69) is 20.7 Å². The van der Waals surface area contributed by atoms with Crippen molar-refractivity contribution < 1.29 is 22.7 Å². The smallest absolute Gasteiger partial charge is 0.264 e. The molecule has 0 bridgehead atoms. The lowest BCUT2D eigenvalue weighted by atomic mass is 10.00. The van der Waals surface area contributed by atoms with Gasteiger partial charge in [-0.15, -0.1) is 0 Å². The molecule has 1 atom stereocenters. The summed E-state index contributed by atoms with van der Waals surface area (Å²) in [7, 11) is -2.55. The van der Waals surface area contributed by atoms with Crippen LogP contribution in [-0.4, -0.2) is 28.0 Å². The molecule has 0 saturated heterocycles. The molecule has 162 valence electrons. The van der Waals surface area contributed by atoms with Crippen LogP contribution < -0.4 is 14.2 Å². The SMILES string of the molecule is CCOc1ccc(S(=O)(=O)NC(=O)C2CCc3c(Br)ccc(OC)c32)c2ccccc12. The van der Waals surface area contributed by atoms with Gasteiger partial charge in [0.05, 0.1) is 24.5 Å². The molecule has 1 unspecified atom stereocenters. The minimum absolute atomic E-state index is 0.0410. The topological polar surface area (TPSA) is 81.7 Å².